The first kappa shape index (κ1) is 13.7. The molecule has 0 aromatic rings. The molecule has 2 fully saturated rings. The number of piperidine rings is 1. The van der Waals surface area contributed by atoms with Gasteiger partial charge in [0.1, 0.15) is 0 Å². The van der Waals surface area contributed by atoms with Crippen molar-refractivity contribution in [3.63, 3.8) is 0 Å². The molecule has 2 amide bonds. The van der Waals surface area contributed by atoms with Crippen molar-refractivity contribution in [2.24, 2.45) is 11.3 Å². The molecule has 0 aromatic heterocycles. The van der Waals surface area contributed by atoms with Gasteiger partial charge in [0.05, 0.1) is 6.61 Å². The first-order chi connectivity index (χ1) is 8.65. The molecule has 1 unspecified atom stereocenters. The second-order valence-corrected chi connectivity index (χ2v) is 6.22. The molecule has 0 bridgehead atoms. The molecule has 18 heavy (non-hydrogen) atoms. The molecule has 0 aromatic carbocycles. The zero-order valence-electron chi connectivity index (χ0n) is 11.5. The molecule has 1 saturated carbocycles. The van der Waals surface area contributed by atoms with Crippen molar-refractivity contribution in [3.8, 4) is 0 Å². The number of hydrogen-bond acceptors (Lipinski definition) is 2. The van der Waals surface area contributed by atoms with Crippen LogP contribution >= 0.6 is 0 Å². The van der Waals surface area contributed by atoms with Crippen molar-refractivity contribution in [3.05, 3.63) is 0 Å². The molecular weight excluding hydrogens is 228 g/mol. The molecule has 1 aliphatic carbocycles. The summed E-state index contributed by atoms with van der Waals surface area (Å²) in [5.74, 6) is 0.614. The fourth-order valence-electron chi connectivity index (χ4n) is 3.26. The topological polar surface area (TPSA) is 52.6 Å². The zero-order valence-corrected chi connectivity index (χ0v) is 11.5. The van der Waals surface area contributed by atoms with E-state index in [4.69, 9.17) is 0 Å². The zero-order chi connectivity index (χ0) is 13.0. The Morgan fingerprint density at radius 2 is 2.11 bits per heavy atom. The maximum atomic E-state index is 12.1. The minimum Gasteiger partial charge on any atom is -0.396 e. The minimum atomic E-state index is -0.0446. The maximum Gasteiger partial charge on any atom is 0.317 e. The van der Waals surface area contributed by atoms with E-state index >= 15 is 0 Å². The monoisotopic (exact) mass is 254 g/mol. The van der Waals surface area contributed by atoms with Gasteiger partial charge in [0.25, 0.3) is 0 Å². The van der Waals surface area contributed by atoms with Gasteiger partial charge in [0.15, 0.2) is 0 Å². The summed E-state index contributed by atoms with van der Waals surface area (Å²) in [6.07, 6.45) is 6.78. The highest BCUT2D eigenvalue weighted by Gasteiger charge is 2.34. The van der Waals surface area contributed by atoms with Crippen LogP contribution in [0.2, 0.25) is 0 Å². The molecule has 1 atom stereocenters. The number of nitrogens with zero attached hydrogens (tertiary/aromatic N) is 1. The average Bonchev–Trinajstić information content (AvgIpc) is 2.85. The van der Waals surface area contributed by atoms with Crippen LogP contribution in [0, 0.1) is 11.3 Å². The molecule has 2 rings (SSSR count). The highest BCUT2D eigenvalue weighted by Crippen LogP contribution is 2.36. The fourth-order valence-corrected chi connectivity index (χ4v) is 3.26. The summed E-state index contributed by atoms with van der Waals surface area (Å²) in [6, 6.07) is 0.0567. The van der Waals surface area contributed by atoms with Crippen molar-refractivity contribution < 1.29 is 9.90 Å². The Morgan fingerprint density at radius 3 is 2.72 bits per heavy atom. The Kier molecular flexibility index (Phi) is 4.49. The van der Waals surface area contributed by atoms with E-state index in [0.717, 1.165) is 32.4 Å². The average molecular weight is 254 g/mol. The van der Waals surface area contributed by atoms with Crippen molar-refractivity contribution in [1.29, 1.82) is 0 Å². The molecule has 4 heteroatoms. The van der Waals surface area contributed by atoms with Gasteiger partial charge in [-0.2, -0.15) is 0 Å². The highest BCUT2D eigenvalue weighted by molar-refractivity contribution is 5.74. The number of amides is 2. The maximum absolute atomic E-state index is 12.1. The lowest BCUT2D eigenvalue weighted by Gasteiger charge is -2.33. The van der Waals surface area contributed by atoms with Crippen LogP contribution in [-0.4, -0.2) is 42.3 Å². The molecule has 1 heterocycles. The van der Waals surface area contributed by atoms with E-state index in [0.29, 0.717) is 12.5 Å². The van der Waals surface area contributed by atoms with Crippen LogP contribution in [0.25, 0.3) is 0 Å². The number of nitrogens with one attached hydrogen (secondary N) is 1. The first-order valence-electron chi connectivity index (χ1n) is 7.29. The highest BCUT2D eigenvalue weighted by atomic mass is 16.3. The molecule has 2 aliphatic rings. The van der Waals surface area contributed by atoms with Gasteiger partial charge < -0.3 is 15.3 Å². The molecule has 2 N–H and O–H groups in total. The predicted molar refractivity (Wildman–Crippen MR) is 71.4 cm³/mol. The van der Waals surface area contributed by atoms with E-state index < -0.39 is 0 Å². The van der Waals surface area contributed by atoms with Crippen LogP contribution in [0.15, 0.2) is 0 Å². The largest absolute Gasteiger partial charge is 0.396 e. The third-order valence-corrected chi connectivity index (χ3v) is 4.56. The fraction of sp³-hybridized carbons (Fsp3) is 0.929. The third kappa shape index (κ3) is 3.16. The minimum absolute atomic E-state index is 0.0446. The molecule has 1 aliphatic heterocycles. The number of likely N-dealkylation sites (tertiary alicyclic amines) is 1. The molecule has 4 nitrogen and oxygen atoms in total. The summed E-state index contributed by atoms with van der Waals surface area (Å²) in [6.45, 7) is 4.78. The smallest absolute Gasteiger partial charge is 0.317 e. The molecule has 0 radical (unpaired) electrons. The van der Waals surface area contributed by atoms with Gasteiger partial charge in [-0.25, -0.2) is 4.79 Å². The van der Waals surface area contributed by atoms with Crippen molar-refractivity contribution in [2.75, 3.05) is 26.2 Å². The van der Waals surface area contributed by atoms with Gasteiger partial charge in [0.2, 0.25) is 0 Å². The van der Waals surface area contributed by atoms with E-state index in [1.54, 1.807) is 0 Å². The molecule has 1 saturated heterocycles. The Labute approximate surface area is 110 Å². The number of aliphatic hydroxyl groups excluding tert-OH is 1. The molecule has 104 valence electrons. The van der Waals surface area contributed by atoms with Crippen LogP contribution < -0.4 is 5.32 Å². The summed E-state index contributed by atoms with van der Waals surface area (Å²) >= 11 is 0. The van der Waals surface area contributed by atoms with E-state index in [2.05, 4.69) is 12.2 Å². The van der Waals surface area contributed by atoms with Crippen LogP contribution in [0.1, 0.15) is 45.4 Å². The first-order valence-corrected chi connectivity index (χ1v) is 7.29. The van der Waals surface area contributed by atoms with Gasteiger partial charge in [-0.05, 0) is 31.6 Å². The number of rotatable bonds is 3. The summed E-state index contributed by atoms with van der Waals surface area (Å²) in [5.41, 5.74) is -0.0446. The SMILES string of the molecule is CC1CCCN(C(=O)NCC2(CO)CCCC2)C1. The van der Waals surface area contributed by atoms with Crippen molar-refractivity contribution in [2.45, 2.75) is 45.4 Å². The number of urea groups is 1. The Balaban J connectivity index is 1.80. The lowest BCUT2D eigenvalue weighted by atomic mass is 9.87. The Bertz CT molecular complexity index is 288. The Hall–Kier alpha value is -0.770. The van der Waals surface area contributed by atoms with Gasteiger partial charge in [-0.1, -0.05) is 19.8 Å². The number of carbonyl (C=O) groups excluding carboxylic acids is 1. The third-order valence-electron chi connectivity index (χ3n) is 4.56. The van der Waals surface area contributed by atoms with Gasteiger partial charge in [0, 0.05) is 25.0 Å². The molecular formula is C14H26N2O2. The summed E-state index contributed by atoms with van der Waals surface area (Å²) in [5, 5.41) is 12.6. The Morgan fingerprint density at radius 1 is 1.39 bits per heavy atom. The van der Waals surface area contributed by atoms with E-state index in [1.807, 2.05) is 4.90 Å². The number of carbonyl (C=O) groups is 1. The second kappa shape index (κ2) is 5.91. The normalized spacial score (nSPS) is 27.2. The van der Waals surface area contributed by atoms with Crippen LogP contribution in [0.4, 0.5) is 4.79 Å². The van der Waals surface area contributed by atoms with Crippen molar-refractivity contribution in [1.82, 2.24) is 10.2 Å². The number of aliphatic hydroxyl groups is 1. The van der Waals surface area contributed by atoms with Crippen molar-refractivity contribution >= 4 is 6.03 Å². The second-order valence-electron chi connectivity index (χ2n) is 6.22. The standard InChI is InChI=1S/C14H26N2O2/c1-12-5-4-8-16(9-12)13(18)15-10-14(11-17)6-2-3-7-14/h12,17H,2-11H2,1H3,(H,15,18). The summed E-state index contributed by atoms with van der Waals surface area (Å²) in [7, 11) is 0. The van der Waals surface area contributed by atoms with Gasteiger partial charge >= 0.3 is 6.03 Å². The van der Waals surface area contributed by atoms with Gasteiger partial charge in [-0.3, -0.25) is 0 Å². The summed E-state index contributed by atoms with van der Waals surface area (Å²) in [4.78, 5) is 14.0. The number of hydrogen-bond donors (Lipinski definition) is 2. The van der Waals surface area contributed by atoms with Crippen LogP contribution in [0.5, 0.6) is 0 Å². The van der Waals surface area contributed by atoms with Crippen LogP contribution in [0.3, 0.4) is 0 Å². The molecule has 0 spiro atoms. The van der Waals surface area contributed by atoms with E-state index in [9.17, 15) is 9.90 Å². The lowest BCUT2D eigenvalue weighted by molar-refractivity contribution is 0.122. The van der Waals surface area contributed by atoms with Crippen LogP contribution in [-0.2, 0) is 0 Å². The lowest BCUT2D eigenvalue weighted by Crippen LogP contribution is -2.48. The quantitative estimate of drug-likeness (QED) is 0.809. The van der Waals surface area contributed by atoms with E-state index in [1.165, 1.54) is 19.3 Å². The predicted octanol–water partition coefficient (Wildman–Crippen LogP) is 1.98. The van der Waals surface area contributed by atoms with E-state index in [-0.39, 0.29) is 18.1 Å². The summed E-state index contributed by atoms with van der Waals surface area (Å²) < 4.78 is 0. The van der Waals surface area contributed by atoms with Gasteiger partial charge in [-0.15, -0.1) is 0 Å².